The highest BCUT2D eigenvalue weighted by Gasteiger charge is 2.51. The van der Waals surface area contributed by atoms with Gasteiger partial charge in [0.05, 0.1) is 11.2 Å². The van der Waals surface area contributed by atoms with E-state index in [2.05, 4.69) is 112 Å². The summed E-state index contributed by atoms with van der Waals surface area (Å²) < 4.78 is 19.0. The van der Waals surface area contributed by atoms with Gasteiger partial charge in [-0.25, -0.2) is 0 Å². The lowest BCUT2D eigenvalue weighted by molar-refractivity contribution is 0.00578. The van der Waals surface area contributed by atoms with E-state index < -0.39 is 7.12 Å². The summed E-state index contributed by atoms with van der Waals surface area (Å²) >= 11 is 0. The fourth-order valence-electron chi connectivity index (χ4n) is 5.43. The molecule has 0 amide bonds. The van der Waals surface area contributed by atoms with Gasteiger partial charge in [-0.1, -0.05) is 60.7 Å². The Morgan fingerprint density at radius 1 is 0.632 bits per heavy atom. The maximum atomic E-state index is 6.40. The lowest BCUT2D eigenvalue weighted by Crippen LogP contribution is -2.41. The Balaban J connectivity index is 1.37. The van der Waals surface area contributed by atoms with Crippen molar-refractivity contribution in [2.75, 3.05) is 0 Å². The van der Waals surface area contributed by atoms with Crippen molar-refractivity contribution in [2.45, 2.75) is 38.9 Å². The Kier molecular flexibility index (Phi) is 5.06. The third-order valence-electron chi connectivity index (χ3n) is 8.20. The molecule has 0 radical (unpaired) electrons. The molecule has 0 atom stereocenters. The van der Waals surface area contributed by atoms with Crippen molar-refractivity contribution in [2.24, 2.45) is 0 Å². The number of aromatic nitrogens is 1. The van der Waals surface area contributed by atoms with E-state index in [1.54, 1.807) is 6.20 Å². The number of rotatable bonds is 3. The summed E-state index contributed by atoms with van der Waals surface area (Å²) in [5.74, 6) is 0. The van der Waals surface area contributed by atoms with Crippen LogP contribution >= 0.6 is 0 Å². The van der Waals surface area contributed by atoms with Gasteiger partial charge in [-0.05, 0) is 84.9 Å². The zero-order chi connectivity index (χ0) is 26.1. The number of benzene rings is 4. The highest BCUT2D eigenvalue weighted by molar-refractivity contribution is 6.62. The highest BCUT2D eigenvalue weighted by atomic mass is 16.7. The molecule has 186 valence electrons. The van der Waals surface area contributed by atoms with Crippen LogP contribution in [0.5, 0.6) is 0 Å². The molecule has 38 heavy (non-hydrogen) atoms. The number of fused-ring (bicyclic) bond motifs is 5. The molecular formula is C33H28BNO3. The molecule has 1 saturated heterocycles. The molecule has 0 saturated carbocycles. The summed E-state index contributed by atoms with van der Waals surface area (Å²) in [7, 11) is -0.395. The number of pyridine rings is 1. The monoisotopic (exact) mass is 497 g/mol. The van der Waals surface area contributed by atoms with Gasteiger partial charge in [0.1, 0.15) is 11.2 Å². The molecule has 7 rings (SSSR count). The molecule has 0 bridgehead atoms. The van der Waals surface area contributed by atoms with Crippen LogP contribution in [0, 0.1) is 0 Å². The van der Waals surface area contributed by atoms with Crippen molar-refractivity contribution in [3.8, 4) is 22.3 Å². The third kappa shape index (κ3) is 3.58. The van der Waals surface area contributed by atoms with Gasteiger partial charge in [0.15, 0.2) is 0 Å². The third-order valence-corrected chi connectivity index (χ3v) is 8.20. The van der Waals surface area contributed by atoms with E-state index in [4.69, 9.17) is 13.7 Å². The predicted molar refractivity (Wildman–Crippen MR) is 156 cm³/mol. The zero-order valence-corrected chi connectivity index (χ0v) is 22.0. The predicted octanol–water partition coefficient (Wildman–Crippen LogP) is 7.77. The summed E-state index contributed by atoms with van der Waals surface area (Å²) in [4.78, 5) is 4.34. The number of hydrogen-bond acceptors (Lipinski definition) is 4. The number of nitrogens with zero attached hydrogens (tertiary/aromatic N) is 1. The van der Waals surface area contributed by atoms with Crippen LogP contribution < -0.4 is 5.46 Å². The highest BCUT2D eigenvalue weighted by Crippen LogP contribution is 2.41. The topological polar surface area (TPSA) is 44.5 Å². The molecule has 1 fully saturated rings. The van der Waals surface area contributed by atoms with E-state index in [1.807, 2.05) is 12.3 Å². The van der Waals surface area contributed by atoms with Crippen LogP contribution in [0.2, 0.25) is 0 Å². The van der Waals surface area contributed by atoms with Crippen LogP contribution in [0.1, 0.15) is 27.7 Å². The average molecular weight is 497 g/mol. The Morgan fingerprint density at radius 3 is 2.13 bits per heavy atom. The van der Waals surface area contributed by atoms with Crippen molar-refractivity contribution >= 4 is 45.3 Å². The van der Waals surface area contributed by atoms with E-state index in [0.717, 1.165) is 49.7 Å². The summed E-state index contributed by atoms with van der Waals surface area (Å²) in [5, 5.41) is 4.59. The smallest absolute Gasteiger partial charge is 0.456 e. The van der Waals surface area contributed by atoms with Gasteiger partial charge in [0.25, 0.3) is 0 Å². The Labute approximate surface area is 222 Å². The fourth-order valence-corrected chi connectivity index (χ4v) is 5.43. The van der Waals surface area contributed by atoms with Gasteiger partial charge in [-0.15, -0.1) is 0 Å². The summed E-state index contributed by atoms with van der Waals surface area (Å²) in [6.07, 6.45) is 3.70. The van der Waals surface area contributed by atoms with Crippen LogP contribution in [0.15, 0.2) is 102 Å². The quantitative estimate of drug-likeness (QED) is 0.234. The van der Waals surface area contributed by atoms with Crippen LogP contribution in [-0.4, -0.2) is 23.3 Å². The molecule has 1 aliphatic heterocycles. The van der Waals surface area contributed by atoms with Crippen molar-refractivity contribution in [3.05, 3.63) is 97.3 Å². The standard InChI is InChI=1S/C33H28BNO3/c1-32(2)33(3,4)38-34(37-32)24-11-7-9-21(17-24)22-14-15-29-28(18-22)31-26-13-6-5-12-25(26)27(19-30(31)36-29)23-10-8-16-35-20-23/h5-20H,1-4H3. The molecule has 1 aliphatic rings. The summed E-state index contributed by atoms with van der Waals surface area (Å²) in [6, 6.07) is 29.6. The largest absolute Gasteiger partial charge is 0.494 e. The van der Waals surface area contributed by atoms with E-state index in [9.17, 15) is 0 Å². The fraction of sp³-hybridized carbons (Fsp3) is 0.182. The Morgan fingerprint density at radius 2 is 1.37 bits per heavy atom. The maximum Gasteiger partial charge on any atom is 0.494 e. The van der Waals surface area contributed by atoms with E-state index in [-0.39, 0.29) is 11.2 Å². The van der Waals surface area contributed by atoms with Crippen molar-refractivity contribution < 1.29 is 13.7 Å². The minimum absolute atomic E-state index is 0.377. The van der Waals surface area contributed by atoms with Crippen LogP contribution in [0.3, 0.4) is 0 Å². The van der Waals surface area contributed by atoms with Crippen molar-refractivity contribution in [1.29, 1.82) is 0 Å². The Hall–Kier alpha value is -3.93. The first-order chi connectivity index (χ1) is 18.3. The molecule has 6 aromatic rings. The van der Waals surface area contributed by atoms with Gasteiger partial charge in [0, 0.05) is 28.7 Å². The second-order valence-electron chi connectivity index (χ2n) is 11.1. The SMILES string of the molecule is CC1(C)OB(c2cccc(-c3ccc4oc5cc(-c6cccnc6)c6ccccc6c5c4c3)c2)OC1(C)C. The molecule has 5 heteroatoms. The molecule has 2 aromatic heterocycles. The molecular weight excluding hydrogens is 469 g/mol. The van der Waals surface area contributed by atoms with Crippen LogP contribution in [0.25, 0.3) is 55.0 Å². The first-order valence-corrected chi connectivity index (χ1v) is 13.1. The summed E-state index contributed by atoms with van der Waals surface area (Å²) in [6.45, 7) is 8.33. The normalized spacial score (nSPS) is 16.6. The second kappa shape index (κ2) is 8.29. The molecule has 0 aliphatic carbocycles. The van der Waals surface area contributed by atoms with Crippen LogP contribution in [-0.2, 0) is 9.31 Å². The molecule has 0 unspecified atom stereocenters. The average Bonchev–Trinajstić information content (AvgIpc) is 3.41. The molecule has 4 nitrogen and oxygen atoms in total. The lowest BCUT2D eigenvalue weighted by atomic mass is 9.78. The minimum Gasteiger partial charge on any atom is -0.456 e. The van der Waals surface area contributed by atoms with Gasteiger partial charge in [-0.2, -0.15) is 0 Å². The van der Waals surface area contributed by atoms with E-state index in [1.165, 1.54) is 10.8 Å². The van der Waals surface area contributed by atoms with Gasteiger partial charge in [0.2, 0.25) is 0 Å². The lowest BCUT2D eigenvalue weighted by Gasteiger charge is -2.32. The molecule has 0 N–H and O–H groups in total. The first-order valence-electron chi connectivity index (χ1n) is 13.1. The van der Waals surface area contributed by atoms with E-state index >= 15 is 0 Å². The Bertz CT molecular complexity index is 1820. The van der Waals surface area contributed by atoms with Crippen LogP contribution in [0.4, 0.5) is 0 Å². The first kappa shape index (κ1) is 23.2. The second-order valence-corrected chi connectivity index (χ2v) is 11.1. The molecule has 3 heterocycles. The zero-order valence-electron chi connectivity index (χ0n) is 22.0. The number of hydrogen-bond donors (Lipinski definition) is 0. The molecule has 0 spiro atoms. The van der Waals surface area contributed by atoms with Crippen molar-refractivity contribution in [1.82, 2.24) is 4.98 Å². The van der Waals surface area contributed by atoms with Crippen molar-refractivity contribution in [3.63, 3.8) is 0 Å². The molecule has 4 aromatic carbocycles. The van der Waals surface area contributed by atoms with E-state index in [0.29, 0.717) is 0 Å². The maximum absolute atomic E-state index is 6.40. The van der Waals surface area contributed by atoms with Gasteiger partial charge < -0.3 is 13.7 Å². The van der Waals surface area contributed by atoms with Gasteiger partial charge in [-0.3, -0.25) is 4.98 Å². The minimum atomic E-state index is -0.395. The summed E-state index contributed by atoms with van der Waals surface area (Å²) in [5.41, 5.74) is 6.45. The number of furan rings is 1. The van der Waals surface area contributed by atoms with Gasteiger partial charge >= 0.3 is 7.12 Å².